The molecule has 1 aliphatic carbocycles. The van der Waals surface area contributed by atoms with Gasteiger partial charge in [0, 0.05) is 13.1 Å². The van der Waals surface area contributed by atoms with Gasteiger partial charge in [0.15, 0.2) is 0 Å². The van der Waals surface area contributed by atoms with Crippen LogP contribution in [-0.4, -0.2) is 36.0 Å². The van der Waals surface area contributed by atoms with Crippen LogP contribution in [0.2, 0.25) is 0 Å². The predicted octanol–water partition coefficient (Wildman–Crippen LogP) is 1.80. The third-order valence-corrected chi connectivity index (χ3v) is 4.35. The number of ether oxygens (including phenoxy) is 1. The van der Waals surface area contributed by atoms with E-state index in [1.54, 1.807) is 0 Å². The SMILES string of the molecule is NC1(C(=O)N2CCC(COc3ccccc3)CC2)CC1. The van der Waals surface area contributed by atoms with Gasteiger partial charge < -0.3 is 15.4 Å². The molecule has 0 aromatic heterocycles. The molecule has 1 saturated carbocycles. The molecule has 108 valence electrons. The van der Waals surface area contributed by atoms with Crippen LogP contribution in [0.5, 0.6) is 5.75 Å². The first-order chi connectivity index (χ1) is 9.67. The van der Waals surface area contributed by atoms with Crippen LogP contribution in [0.1, 0.15) is 25.7 Å². The van der Waals surface area contributed by atoms with E-state index in [9.17, 15) is 4.79 Å². The largest absolute Gasteiger partial charge is 0.493 e. The van der Waals surface area contributed by atoms with Gasteiger partial charge in [-0.15, -0.1) is 0 Å². The smallest absolute Gasteiger partial charge is 0.242 e. The van der Waals surface area contributed by atoms with E-state index in [0.717, 1.165) is 51.1 Å². The number of carbonyl (C=O) groups excluding carboxylic acids is 1. The fourth-order valence-electron chi connectivity index (χ4n) is 2.70. The summed E-state index contributed by atoms with van der Waals surface area (Å²) < 4.78 is 5.79. The highest BCUT2D eigenvalue weighted by molar-refractivity contribution is 5.89. The van der Waals surface area contributed by atoms with Crippen LogP contribution in [0.25, 0.3) is 0 Å². The summed E-state index contributed by atoms with van der Waals surface area (Å²) in [6.45, 7) is 2.38. The maximum absolute atomic E-state index is 12.1. The quantitative estimate of drug-likeness (QED) is 0.911. The van der Waals surface area contributed by atoms with Crippen LogP contribution in [0.4, 0.5) is 0 Å². The lowest BCUT2D eigenvalue weighted by Gasteiger charge is -2.33. The van der Waals surface area contributed by atoms with Gasteiger partial charge in [0.25, 0.3) is 0 Å². The minimum Gasteiger partial charge on any atom is -0.493 e. The summed E-state index contributed by atoms with van der Waals surface area (Å²) >= 11 is 0. The highest BCUT2D eigenvalue weighted by Gasteiger charge is 2.48. The number of para-hydroxylation sites is 1. The van der Waals surface area contributed by atoms with Crippen molar-refractivity contribution in [3.63, 3.8) is 0 Å². The van der Waals surface area contributed by atoms with Gasteiger partial charge in [-0.2, -0.15) is 0 Å². The summed E-state index contributed by atoms with van der Waals surface area (Å²) in [6.07, 6.45) is 3.72. The number of rotatable bonds is 4. The van der Waals surface area contributed by atoms with Gasteiger partial charge in [0.2, 0.25) is 5.91 Å². The highest BCUT2D eigenvalue weighted by atomic mass is 16.5. The summed E-state index contributed by atoms with van der Waals surface area (Å²) in [6, 6.07) is 9.89. The lowest BCUT2D eigenvalue weighted by Crippen LogP contribution is -2.49. The monoisotopic (exact) mass is 274 g/mol. The third-order valence-electron chi connectivity index (χ3n) is 4.35. The number of piperidine rings is 1. The third kappa shape index (κ3) is 2.96. The fraction of sp³-hybridized carbons (Fsp3) is 0.562. The second kappa shape index (κ2) is 5.44. The Morgan fingerprint density at radius 1 is 1.25 bits per heavy atom. The first kappa shape index (κ1) is 13.4. The van der Waals surface area contributed by atoms with Crippen molar-refractivity contribution in [2.24, 2.45) is 11.7 Å². The Hall–Kier alpha value is -1.55. The molecule has 1 saturated heterocycles. The molecule has 2 aliphatic rings. The summed E-state index contributed by atoms with van der Waals surface area (Å²) in [5, 5.41) is 0. The van der Waals surface area contributed by atoms with E-state index in [4.69, 9.17) is 10.5 Å². The van der Waals surface area contributed by atoms with Gasteiger partial charge >= 0.3 is 0 Å². The number of likely N-dealkylation sites (tertiary alicyclic amines) is 1. The van der Waals surface area contributed by atoms with Crippen molar-refractivity contribution in [3.8, 4) is 5.75 Å². The van der Waals surface area contributed by atoms with Crippen molar-refractivity contribution in [1.82, 2.24) is 4.90 Å². The zero-order chi connectivity index (χ0) is 14.0. The molecule has 0 radical (unpaired) electrons. The molecule has 1 aromatic rings. The molecule has 20 heavy (non-hydrogen) atoms. The summed E-state index contributed by atoms with van der Waals surface area (Å²) in [7, 11) is 0. The molecule has 1 aliphatic heterocycles. The Morgan fingerprint density at radius 2 is 1.90 bits per heavy atom. The van der Waals surface area contributed by atoms with Crippen LogP contribution >= 0.6 is 0 Å². The van der Waals surface area contributed by atoms with Gasteiger partial charge in [0.1, 0.15) is 5.75 Å². The molecule has 1 heterocycles. The van der Waals surface area contributed by atoms with E-state index >= 15 is 0 Å². The Morgan fingerprint density at radius 3 is 2.50 bits per heavy atom. The molecule has 2 fully saturated rings. The van der Waals surface area contributed by atoms with Crippen molar-refractivity contribution in [3.05, 3.63) is 30.3 Å². The van der Waals surface area contributed by atoms with Gasteiger partial charge in [-0.05, 0) is 43.7 Å². The highest BCUT2D eigenvalue weighted by Crippen LogP contribution is 2.35. The summed E-state index contributed by atoms with van der Waals surface area (Å²) in [5.74, 6) is 1.61. The van der Waals surface area contributed by atoms with E-state index in [1.165, 1.54) is 0 Å². The Kier molecular flexibility index (Phi) is 3.66. The molecular formula is C16H22N2O2. The first-order valence-electron chi connectivity index (χ1n) is 7.43. The number of nitrogens with two attached hydrogens (primary N) is 1. The average molecular weight is 274 g/mol. The van der Waals surface area contributed by atoms with Gasteiger partial charge in [-0.25, -0.2) is 0 Å². The molecule has 4 nitrogen and oxygen atoms in total. The Bertz CT molecular complexity index is 463. The fourth-order valence-corrected chi connectivity index (χ4v) is 2.70. The van der Waals surface area contributed by atoms with Crippen LogP contribution in [0.15, 0.2) is 30.3 Å². The van der Waals surface area contributed by atoms with E-state index in [0.29, 0.717) is 5.92 Å². The zero-order valence-electron chi connectivity index (χ0n) is 11.8. The van der Waals surface area contributed by atoms with Gasteiger partial charge in [-0.1, -0.05) is 18.2 Å². The van der Waals surface area contributed by atoms with E-state index in [-0.39, 0.29) is 5.91 Å². The maximum atomic E-state index is 12.1. The molecular weight excluding hydrogens is 252 g/mol. The van der Waals surface area contributed by atoms with Crippen molar-refractivity contribution >= 4 is 5.91 Å². The van der Waals surface area contributed by atoms with Crippen molar-refractivity contribution in [1.29, 1.82) is 0 Å². The molecule has 3 rings (SSSR count). The topological polar surface area (TPSA) is 55.6 Å². The molecule has 2 N–H and O–H groups in total. The molecule has 0 bridgehead atoms. The normalized spacial score (nSPS) is 21.6. The molecule has 4 heteroatoms. The number of carbonyl (C=O) groups is 1. The van der Waals surface area contributed by atoms with Crippen molar-refractivity contribution in [2.75, 3.05) is 19.7 Å². The van der Waals surface area contributed by atoms with Crippen LogP contribution < -0.4 is 10.5 Å². The van der Waals surface area contributed by atoms with Crippen LogP contribution in [-0.2, 0) is 4.79 Å². The lowest BCUT2D eigenvalue weighted by molar-refractivity contribution is -0.135. The Balaban J connectivity index is 1.43. The minimum atomic E-state index is -0.520. The van der Waals surface area contributed by atoms with Crippen molar-refractivity contribution in [2.45, 2.75) is 31.2 Å². The summed E-state index contributed by atoms with van der Waals surface area (Å²) in [4.78, 5) is 14.1. The molecule has 1 amide bonds. The number of benzene rings is 1. The van der Waals surface area contributed by atoms with Gasteiger partial charge in [0.05, 0.1) is 12.1 Å². The summed E-state index contributed by atoms with van der Waals surface area (Å²) in [5.41, 5.74) is 5.45. The predicted molar refractivity (Wildman–Crippen MR) is 77.4 cm³/mol. The average Bonchev–Trinajstić information content (AvgIpc) is 3.25. The molecule has 0 atom stereocenters. The number of hydrogen-bond donors (Lipinski definition) is 1. The first-order valence-corrected chi connectivity index (χ1v) is 7.43. The van der Waals surface area contributed by atoms with Gasteiger partial charge in [-0.3, -0.25) is 4.79 Å². The standard InChI is InChI=1S/C16H22N2O2/c17-16(8-9-16)15(19)18-10-6-13(7-11-18)12-20-14-4-2-1-3-5-14/h1-5,13H,6-12,17H2. The number of amides is 1. The minimum absolute atomic E-state index is 0.153. The molecule has 0 unspecified atom stereocenters. The second-order valence-corrected chi connectivity index (χ2v) is 6.02. The number of nitrogens with zero attached hydrogens (tertiary/aromatic N) is 1. The van der Waals surface area contributed by atoms with E-state index in [1.807, 2.05) is 35.2 Å². The second-order valence-electron chi connectivity index (χ2n) is 6.02. The van der Waals surface area contributed by atoms with E-state index in [2.05, 4.69) is 0 Å². The molecule has 0 spiro atoms. The van der Waals surface area contributed by atoms with E-state index < -0.39 is 5.54 Å². The number of hydrogen-bond acceptors (Lipinski definition) is 3. The zero-order valence-corrected chi connectivity index (χ0v) is 11.8. The lowest BCUT2D eigenvalue weighted by atomic mass is 9.97. The Labute approximate surface area is 119 Å². The maximum Gasteiger partial charge on any atom is 0.242 e. The van der Waals surface area contributed by atoms with Crippen LogP contribution in [0, 0.1) is 5.92 Å². The van der Waals surface area contributed by atoms with Crippen molar-refractivity contribution < 1.29 is 9.53 Å². The van der Waals surface area contributed by atoms with Crippen LogP contribution in [0.3, 0.4) is 0 Å². The molecule has 1 aromatic carbocycles.